The quantitative estimate of drug-likeness (QED) is 0.502. The third-order valence-corrected chi connectivity index (χ3v) is 6.95. The topological polar surface area (TPSA) is 74.8 Å². The van der Waals surface area contributed by atoms with E-state index < -0.39 is 0 Å². The summed E-state index contributed by atoms with van der Waals surface area (Å²) in [6.45, 7) is 0.636. The van der Waals surface area contributed by atoms with Gasteiger partial charge in [-0.1, -0.05) is 35.4 Å². The average molecular weight is 425 g/mol. The highest BCUT2D eigenvalue weighted by Crippen LogP contribution is 2.40. The second-order valence-electron chi connectivity index (χ2n) is 7.97. The van der Waals surface area contributed by atoms with E-state index in [4.69, 9.17) is 23.2 Å². The number of halogens is 2. The fourth-order valence-corrected chi connectivity index (χ4v) is 5.28. The monoisotopic (exact) mass is 424 g/mol. The standard InChI is InChI=1S/C20H22Cl2N2O4/c21-11-3-5-13-15(9-11)19(27)23(17(13)25)7-1-2-8-24-18(26)14-6-4-12(22)10-16(14)20(24)28/h3-4,13-16H,1-2,5-10H2/t13-,14-,15-,16+/m1/s1. The van der Waals surface area contributed by atoms with Crippen LogP contribution in [0.25, 0.3) is 0 Å². The van der Waals surface area contributed by atoms with Gasteiger partial charge in [0.1, 0.15) is 0 Å². The van der Waals surface area contributed by atoms with Crippen LogP contribution < -0.4 is 0 Å². The molecule has 2 aliphatic heterocycles. The van der Waals surface area contributed by atoms with Gasteiger partial charge in [0.15, 0.2) is 0 Å². The Bertz CT molecular complexity index is 740. The summed E-state index contributed by atoms with van der Waals surface area (Å²) in [5.74, 6) is -1.83. The molecular formula is C20H22Cl2N2O4. The van der Waals surface area contributed by atoms with Crippen LogP contribution in [0.1, 0.15) is 38.5 Å². The van der Waals surface area contributed by atoms with Crippen molar-refractivity contribution in [2.24, 2.45) is 23.7 Å². The number of carbonyl (C=O) groups is 4. The van der Waals surface area contributed by atoms with Crippen LogP contribution in [-0.4, -0.2) is 46.5 Å². The van der Waals surface area contributed by atoms with Gasteiger partial charge < -0.3 is 0 Å². The summed E-state index contributed by atoms with van der Waals surface area (Å²) in [5.41, 5.74) is 0. The van der Waals surface area contributed by atoms with Crippen molar-refractivity contribution in [1.29, 1.82) is 0 Å². The molecule has 2 saturated heterocycles. The Morgan fingerprint density at radius 3 is 1.43 bits per heavy atom. The molecule has 4 rings (SSSR count). The van der Waals surface area contributed by atoms with Crippen molar-refractivity contribution >= 4 is 46.8 Å². The van der Waals surface area contributed by atoms with Crippen LogP contribution in [0, 0.1) is 23.7 Å². The normalized spacial score (nSPS) is 32.5. The van der Waals surface area contributed by atoms with E-state index in [-0.39, 0.29) is 47.3 Å². The Balaban J connectivity index is 1.29. The summed E-state index contributed by atoms with van der Waals surface area (Å²) in [7, 11) is 0. The van der Waals surface area contributed by atoms with Gasteiger partial charge in [-0.3, -0.25) is 29.0 Å². The highest BCUT2D eigenvalue weighted by molar-refractivity contribution is 6.30. The summed E-state index contributed by atoms with van der Waals surface area (Å²) < 4.78 is 0. The third-order valence-electron chi connectivity index (χ3n) is 6.33. The molecule has 0 unspecified atom stereocenters. The zero-order valence-corrected chi connectivity index (χ0v) is 16.9. The molecule has 0 aromatic heterocycles. The summed E-state index contributed by atoms with van der Waals surface area (Å²) in [6, 6.07) is 0. The molecular weight excluding hydrogens is 403 g/mol. The molecule has 4 atom stereocenters. The van der Waals surface area contributed by atoms with Crippen molar-refractivity contribution in [3.63, 3.8) is 0 Å². The Hall–Kier alpha value is -1.66. The highest BCUT2D eigenvalue weighted by Gasteiger charge is 2.49. The highest BCUT2D eigenvalue weighted by atomic mass is 35.5. The molecule has 0 bridgehead atoms. The van der Waals surface area contributed by atoms with E-state index in [0.29, 0.717) is 61.7 Å². The molecule has 2 fully saturated rings. The molecule has 6 nitrogen and oxygen atoms in total. The van der Waals surface area contributed by atoms with Crippen LogP contribution in [-0.2, 0) is 19.2 Å². The molecule has 0 saturated carbocycles. The SMILES string of the molecule is O=C1[C@H]2CC(Cl)=CC[C@H]2C(=O)N1CCCCN1C(=O)[C@@H]2CC=C(Cl)C[C@H]2C1=O. The van der Waals surface area contributed by atoms with E-state index in [9.17, 15) is 19.2 Å². The van der Waals surface area contributed by atoms with Crippen LogP contribution in [0.15, 0.2) is 22.2 Å². The predicted molar refractivity (Wildman–Crippen MR) is 103 cm³/mol. The number of amides is 4. The first-order valence-electron chi connectivity index (χ1n) is 9.78. The minimum Gasteiger partial charge on any atom is -0.282 e. The first-order valence-corrected chi connectivity index (χ1v) is 10.5. The zero-order valence-electron chi connectivity index (χ0n) is 15.4. The molecule has 0 aromatic rings. The minimum absolute atomic E-state index is 0.129. The zero-order chi connectivity index (χ0) is 20.0. The van der Waals surface area contributed by atoms with Gasteiger partial charge in [-0.15, -0.1) is 0 Å². The summed E-state index contributed by atoms with van der Waals surface area (Å²) >= 11 is 12.1. The number of rotatable bonds is 5. The molecule has 150 valence electrons. The number of hydrogen-bond donors (Lipinski definition) is 0. The number of carbonyl (C=O) groups excluding carboxylic acids is 4. The number of unbranched alkanes of at least 4 members (excludes halogenated alkanes) is 1. The van der Waals surface area contributed by atoms with Crippen LogP contribution in [0.4, 0.5) is 0 Å². The number of hydrogen-bond acceptors (Lipinski definition) is 4. The Morgan fingerprint density at radius 2 is 1.04 bits per heavy atom. The molecule has 28 heavy (non-hydrogen) atoms. The molecule has 0 N–H and O–H groups in total. The molecule has 0 spiro atoms. The average Bonchev–Trinajstić information content (AvgIpc) is 3.04. The van der Waals surface area contributed by atoms with Crippen molar-refractivity contribution in [3.8, 4) is 0 Å². The maximum Gasteiger partial charge on any atom is 0.233 e. The van der Waals surface area contributed by atoms with Crippen LogP contribution in [0.3, 0.4) is 0 Å². The van der Waals surface area contributed by atoms with E-state index in [2.05, 4.69) is 0 Å². The van der Waals surface area contributed by atoms with Gasteiger partial charge in [-0.2, -0.15) is 0 Å². The van der Waals surface area contributed by atoms with Crippen molar-refractivity contribution in [2.45, 2.75) is 38.5 Å². The maximum atomic E-state index is 12.5. The number of imide groups is 2. The molecule has 4 amide bonds. The van der Waals surface area contributed by atoms with E-state index in [1.54, 1.807) is 0 Å². The van der Waals surface area contributed by atoms with Crippen molar-refractivity contribution in [1.82, 2.24) is 9.80 Å². The van der Waals surface area contributed by atoms with Gasteiger partial charge in [-0.05, 0) is 38.5 Å². The Morgan fingerprint density at radius 1 is 0.679 bits per heavy atom. The molecule has 2 aliphatic carbocycles. The Labute approximate surface area is 173 Å². The molecule has 8 heteroatoms. The molecule has 0 radical (unpaired) electrons. The predicted octanol–water partition coefficient (Wildman–Crippen LogP) is 2.80. The van der Waals surface area contributed by atoms with E-state index in [1.807, 2.05) is 12.2 Å². The first-order chi connectivity index (χ1) is 13.4. The number of allylic oxidation sites excluding steroid dienone is 4. The minimum atomic E-state index is -0.341. The van der Waals surface area contributed by atoms with Gasteiger partial charge in [0.25, 0.3) is 0 Å². The van der Waals surface area contributed by atoms with Gasteiger partial charge >= 0.3 is 0 Å². The lowest BCUT2D eigenvalue weighted by Crippen LogP contribution is -2.34. The van der Waals surface area contributed by atoms with E-state index in [1.165, 1.54) is 9.80 Å². The van der Waals surface area contributed by atoms with E-state index in [0.717, 1.165) is 0 Å². The van der Waals surface area contributed by atoms with Crippen LogP contribution in [0.5, 0.6) is 0 Å². The van der Waals surface area contributed by atoms with Crippen molar-refractivity contribution in [3.05, 3.63) is 22.2 Å². The van der Waals surface area contributed by atoms with Gasteiger partial charge in [0, 0.05) is 23.2 Å². The fraction of sp³-hybridized carbons (Fsp3) is 0.600. The molecule has 0 aromatic carbocycles. The van der Waals surface area contributed by atoms with Crippen LogP contribution >= 0.6 is 23.2 Å². The Kier molecular flexibility index (Phi) is 5.36. The lowest BCUT2D eigenvalue weighted by Gasteiger charge is -2.17. The summed E-state index contributed by atoms with van der Waals surface area (Å²) in [4.78, 5) is 52.7. The summed E-state index contributed by atoms with van der Waals surface area (Å²) in [5, 5.41) is 1.29. The first kappa shape index (κ1) is 19.6. The van der Waals surface area contributed by atoms with Gasteiger partial charge in [-0.25, -0.2) is 0 Å². The largest absolute Gasteiger partial charge is 0.282 e. The van der Waals surface area contributed by atoms with Crippen LogP contribution in [0.2, 0.25) is 0 Å². The number of likely N-dealkylation sites (tertiary alicyclic amines) is 2. The second kappa shape index (κ2) is 7.64. The number of nitrogens with zero attached hydrogens (tertiary/aromatic N) is 2. The maximum absolute atomic E-state index is 12.5. The smallest absolute Gasteiger partial charge is 0.233 e. The second-order valence-corrected chi connectivity index (χ2v) is 8.94. The third kappa shape index (κ3) is 3.30. The van der Waals surface area contributed by atoms with Gasteiger partial charge in [0.05, 0.1) is 23.7 Å². The summed E-state index contributed by atoms with van der Waals surface area (Å²) in [6.07, 6.45) is 6.66. The number of fused-ring (bicyclic) bond motifs is 2. The lowest BCUT2D eigenvalue weighted by atomic mass is 9.85. The van der Waals surface area contributed by atoms with E-state index >= 15 is 0 Å². The molecule has 2 heterocycles. The molecule has 4 aliphatic rings. The van der Waals surface area contributed by atoms with Crippen molar-refractivity contribution < 1.29 is 19.2 Å². The van der Waals surface area contributed by atoms with Crippen molar-refractivity contribution in [2.75, 3.05) is 13.1 Å². The fourth-order valence-electron chi connectivity index (χ4n) is 4.77. The van der Waals surface area contributed by atoms with Gasteiger partial charge in [0.2, 0.25) is 23.6 Å². The lowest BCUT2D eigenvalue weighted by molar-refractivity contribution is -0.142.